The average Bonchev–Trinajstić information content (AvgIpc) is 2.74. The lowest BCUT2D eigenvalue weighted by Gasteiger charge is -2.59. The molecule has 0 heterocycles. The van der Waals surface area contributed by atoms with Crippen LogP contribution >= 0.6 is 12.0 Å². The van der Waals surface area contributed by atoms with Gasteiger partial charge in [0, 0.05) is 0 Å². The molecule has 0 aromatic heterocycles. The molecule has 33 heavy (non-hydrogen) atoms. The first-order chi connectivity index (χ1) is 15.6. The van der Waals surface area contributed by atoms with Gasteiger partial charge in [0.15, 0.2) is 0 Å². The Balaban J connectivity index is 1.42. The molecule has 8 nitrogen and oxygen atoms in total. The molecule has 0 spiro atoms. The van der Waals surface area contributed by atoms with E-state index in [4.69, 9.17) is 8.92 Å². The van der Waals surface area contributed by atoms with E-state index in [1.54, 1.807) is 0 Å². The predicted octanol–water partition coefficient (Wildman–Crippen LogP) is 4.99. The molecular formula is C21H24F2O8S2. The van der Waals surface area contributed by atoms with Crippen molar-refractivity contribution in [3.8, 4) is 5.75 Å². The summed E-state index contributed by atoms with van der Waals surface area (Å²) in [6.45, 7) is 2.02. The minimum Gasteiger partial charge on any atom is -0.455 e. The van der Waals surface area contributed by atoms with Crippen molar-refractivity contribution in [3.63, 3.8) is 0 Å². The standard InChI is InChI=1S/C21H24F2O8S2/c1-21(15-8-12-7-13(10-15)11-16(21)9-12)28-19(24)14-3-5-17(6-4-14)29-33(25,26)20(18(22)23)32-31-30-27-2/h3-6,12-13,15-16H,7-11H2,1-2H3. The smallest absolute Gasteiger partial charge is 0.353 e. The summed E-state index contributed by atoms with van der Waals surface area (Å²) in [6.07, 6.45) is 3.07. The summed E-state index contributed by atoms with van der Waals surface area (Å²) in [5, 5.41) is 3.93. The lowest BCUT2D eigenvalue weighted by atomic mass is 9.50. The maximum Gasteiger partial charge on any atom is 0.353 e. The third-order valence-corrected chi connectivity index (χ3v) is 9.22. The van der Waals surface area contributed by atoms with Gasteiger partial charge in [-0.2, -0.15) is 17.2 Å². The largest absolute Gasteiger partial charge is 0.455 e. The molecule has 0 aliphatic heterocycles. The second kappa shape index (κ2) is 9.49. The van der Waals surface area contributed by atoms with Gasteiger partial charge in [0.05, 0.1) is 24.7 Å². The van der Waals surface area contributed by atoms with Gasteiger partial charge in [-0.25, -0.2) is 9.68 Å². The van der Waals surface area contributed by atoms with Gasteiger partial charge in [-0.1, -0.05) is 5.04 Å². The van der Waals surface area contributed by atoms with E-state index in [0.29, 0.717) is 11.8 Å². The van der Waals surface area contributed by atoms with E-state index < -0.39 is 32.0 Å². The second-order valence-corrected chi connectivity index (χ2v) is 11.3. The van der Waals surface area contributed by atoms with Gasteiger partial charge in [-0.05, 0) is 87.0 Å². The summed E-state index contributed by atoms with van der Waals surface area (Å²) in [4.78, 5) is 16.9. The van der Waals surface area contributed by atoms with Crippen molar-refractivity contribution in [3.05, 3.63) is 40.1 Å². The van der Waals surface area contributed by atoms with Crippen molar-refractivity contribution in [2.24, 2.45) is 23.7 Å². The van der Waals surface area contributed by atoms with Gasteiger partial charge < -0.3 is 8.92 Å². The van der Waals surface area contributed by atoms with Crippen molar-refractivity contribution < 1.29 is 45.2 Å². The Labute approximate surface area is 194 Å². The number of rotatable bonds is 9. The highest BCUT2D eigenvalue weighted by molar-refractivity contribution is 8.14. The molecule has 4 fully saturated rings. The fourth-order valence-corrected chi connectivity index (χ4v) is 6.95. The lowest BCUT2D eigenvalue weighted by Crippen LogP contribution is -2.58. The van der Waals surface area contributed by atoms with Crippen LogP contribution in [0.25, 0.3) is 0 Å². The summed E-state index contributed by atoms with van der Waals surface area (Å²) in [7, 11) is -3.88. The topological polar surface area (TPSA) is 97.4 Å². The third-order valence-electron chi connectivity index (χ3n) is 6.95. The molecule has 0 atom stereocenters. The maximum absolute atomic E-state index is 13.0. The van der Waals surface area contributed by atoms with Gasteiger partial charge in [-0.3, -0.25) is 0 Å². The van der Waals surface area contributed by atoms with Crippen LogP contribution in [-0.4, -0.2) is 27.1 Å². The first-order valence-corrected chi connectivity index (χ1v) is 12.6. The van der Waals surface area contributed by atoms with Crippen LogP contribution in [0.3, 0.4) is 0 Å². The van der Waals surface area contributed by atoms with Gasteiger partial charge in [0.2, 0.25) is 4.24 Å². The predicted molar refractivity (Wildman–Crippen MR) is 113 cm³/mol. The van der Waals surface area contributed by atoms with E-state index in [-0.39, 0.29) is 23.4 Å². The number of hydrogen-bond donors (Lipinski definition) is 0. The fourth-order valence-electron chi connectivity index (χ4n) is 5.60. The highest BCUT2D eigenvalue weighted by Gasteiger charge is 2.57. The Hall–Kier alpha value is -1.73. The van der Waals surface area contributed by atoms with Crippen molar-refractivity contribution in [2.45, 2.75) is 44.6 Å². The van der Waals surface area contributed by atoms with Crippen LogP contribution in [0.2, 0.25) is 0 Å². The number of esters is 1. The normalized spacial score (nSPS) is 30.2. The Kier molecular flexibility index (Phi) is 7.02. The number of hydrogen-bond acceptors (Lipinski definition) is 9. The molecule has 4 saturated carbocycles. The van der Waals surface area contributed by atoms with E-state index in [1.165, 1.54) is 30.7 Å². The van der Waals surface area contributed by atoms with Gasteiger partial charge >= 0.3 is 22.2 Å². The Morgan fingerprint density at radius 1 is 1.03 bits per heavy atom. The van der Waals surface area contributed by atoms with Crippen LogP contribution in [0.5, 0.6) is 5.75 Å². The van der Waals surface area contributed by atoms with E-state index in [1.807, 2.05) is 6.92 Å². The van der Waals surface area contributed by atoms with Crippen LogP contribution in [0.1, 0.15) is 49.4 Å². The Bertz CT molecular complexity index is 993. The average molecular weight is 507 g/mol. The van der Waals surface area contributed by atoms with Crippen LogP contribution < -0.4 is 4.18 Å². The van der Waals surface area contributed by atoms with Gasteiger partial charge in [0.25, 0.3) is 0 Å². The van der Waals surface area contributed by atoms with Crippen LogP contribution in [0, 0.1) is 23.7 Å². The number of carbonyl (C=O) groups excluding carboxylic acids is 1. The zero-order valence-corrected chi connectivity index (χ0v) is 19.6. The van der Waals surface area contributed by atoms with Crippen LogP contribution in [-0.2, 0) is 29.1 Å². The molecule has 0 radical (unpaired) electrons. The maximum atomic E-state index is 13.0. The highest BCUT2D eigenvalue weighted by Crippen LogP contribution is 2.59. The molecule has 4 aliphatic rings. The number of halogens is 2. The van der Waals surface area contributed by atoms with Crippen molar-refractivity contribution >= 4 is 28.1 Å². The van der Waals surface area contributed by atoms with E-state index >= 15 is 0 Å². The summed E-state index contributed by atoms with van der Waals surface area (Å²) in [6, 6.07) is 5.05. The number of ether oxygens (including phenoxy) is 1. The summed E-state index contributed by atoms with van der Waals surface area (Å²) in [5.41, 5.74) is -0.295. The quantitative estimate of drug-likeness (QED) is 0.115. The molecule has 0 amide bonds. The molecule has 1 aromatic rings. The Morgan fingerprint density at radius 3 is 2.12 bits per heavy atom. The molecule has 5 rings (SSSR count). The van der Waals surface area contributed by atoms with Crippen molar-refractivity contribution in [2.75, 3.05) is 7.11 Å². The van der Waals surface area contributed by atoms with E-state index in [2.05, 4.69) is 14.3 Å². The Morgan fingerprint density at radius 2 is 1.61 bits per heavy atom. The summed E-state index contributed by atoms with van der Waals surface area (Å²) in [5.74, 6) is 1.40. The SMILES string of the molecule is COOOSC(=C(F)F)S(=O)(=O)Oc1ccc(C(=O)OC2(C)C3CC4CC(C3)CC2C4)cc1. The lowest BCUT2D eigenvalue weighted by molar-refractivity contribution is -0.447. The minimum atomic E-state index is -4.92. The molecule has 4 aliphatic carbocycles. The van der Waals surface area contributed by atoms with E-state index in [9.17, 15) is 22.0 Å². The number of carbonyl (C=O) groups is 1. The van der Waals surface area contributed by atoms with Crippen molar-refractivity contribution in [1.29, 1.82) is 0 Å². The molecular weight excluding hydrogens is 482 g/mol. The molecule has 4 bridgehead atoms. The molecule has 0 unspecified atom stereocenters. The summed E-state index contributed by atoms with van der Waals surface area (Å²) < 4.78 is 63.8. The molecule has 0 N–H and O–H groups in total. The number of benzene rings is 1. The van der Waals surface area contributed by atoms with Crippen molar-refractivity contribution in [1.82, 2.24) is 0 Å². The van der Waals surface area contributed by atoms with Crippen LogP contribution in [0.15, 0.2) is 34.6 Å². The first kappa shape index (κ1) is 24.4. The third kappa shape index (κ3) is 5.04. The van der Waals surface area contributed by atoms with Crippen LogP contribution in [0.4, 0.5) is 8.78 Å². The monoisotopic (exact) mass is 506 g/mol. The highest BCUT2D eigenvalue weighted by atomic mass is 32.3. The zero-order valence-electron chi connectivity index (χ0n) is 18.0. The minimum absolute atomic E-state index is 0.216. The van der Waals surface area contributed by atoms with E-state index in [0.717, 1.165) is 44.6 Å². The molecule has 1 aromatic carbocycles. The first-order valence-electron chi connectivity index (χ1n) is 10.5. The molecule has 12 heteroatoms. The molecule has 182 valence electrons. The van der Waals surface area contributed by atoms with Gasteiger partial charge in [-0.15, -0.1) is 4.33 Å². The van der Waals surface area contributed by atoms with Gasteiger partial charge in [0.1, 0.15) is 11.4 Å². The fraction of sp³-hybridized carbons (Fsp3) is 0.571. The summed E-state index contributed by atoms with van der Waals surface area (Å²) >= 11 is -0.286. The zero-order chi connectivity index (χ0) is 23.8. The second-order valence-electron chi connectivity index (χ2n) is 8.87. The molecule has 0 saturated heterocycles.